The first-order valence-corrected chi connectivity index (χ1v) is 6.57. The van der Waals surface area contributed by atoms with Crippen molar-refractivity contribution in [2.75, 3.05) is 18.0 Å². The fraction of sp³-hybridized carbons (Fsp3) is 0.533. The van der Waals surface area contributed by atoms with Crippen molar-refractivity contribution in [3.05, 3.63) is 29.8 Å². The molecule has 3 heteroatoms. The lowest BCUT2D eigenvalue weighted by molar-refractivity contribution is 0.0730. The van der Waals surface area contributed by atoms with Gasteiger partial charge >= 0.3 is 0 Å². The second-order valence-corrected chi connectivity index (χ2v) is 5.59. The van der Waals surface area contributed by atoms with E-state index in [9.17, 15) is 9.90 Å². The summed E-state index contributed by atoms with van der Waals surface area (Å²) in [7, 11) is 0. The van der Waals surface area contributed by atoms with Gasteiger partial charge in [0.15, 0.2) is 5.78 Å². The molecule has 0 aliphatic carbocycles. The predicted octanol–water partition coefficient (Wildman–Crippen LogP) is 2.63. The van der Waals surface area contributed by atoms with Gasteiger partial charge in [-0.2, -0.15) is 0 Å². The Hall–Kier alpha value is -1.35. The number of aliphatic hydroxyl groups is 1. The molecule has 1 aliphatic rings. The quantitative estimate of drug-likeness (QED) is 0.892. The number of para-hydroxylation sites is 1. The molecule has 3 nitrogen and oxygen atoms in total. The monoisotopic (exact) mass is 247 g/mol. The summed E-state index contributed by atoms with van der Waals surface area (Å²) in [5.74, 6) is 0.233. The highest BCUT2D eigenvalue weighted by Crippen LogP contribution is 2.26. The number of rotatable bonds is 3. The van der Waals surface area contributed by atoms with Crippen molar-refractivity contribution in [1.29, 1.82) is 0 Å². The first-order valence-electron chi connectivity index (χ1n) is 6.57. The van der Waals surface area contributed by atoms with Crippen LogP contribution in [0, 0.1) is 0 Å². The molecule has 0 radical (unpaired) electrons. The average molecular weight is 247 g/mol. The van der Waals surface area contributed by atoms with E-state index < -0.39 is 5.60 Å². The smallest absolute Gasteiger partial charge is 0.165 e. The second kappa shape index (κ2) is 5.11. The molecule has 18 heavy (non-hydrogen) atoms. The van der Waals surface area contributed by atoms with E-state index in [0.29, 0.717) is 12.8 Å². The number of carbonyl (C=O) groups excluding carboxylic acids is 1. The fourth-order valence-corrected chi connectivity index (χ4v) is 2.31. The molecule has 0 fully saturated rings. The highest BCUT2D eigenvalue weighted by molar-refractivity contribution is 6.01. The van der Waals surface area contributed by atoms with Crippen molar-refractivity contribution in [3.63, 3.8) is 0 Å². The number of carbonyl (C=O) groups is 1. The lowest BCUT2D eigenvalue weighted by Gasteiger charge is -2.27. The van der Waals surface area contributed by atoms with E-state index in [2.05, 4.69) is 4.90 Å². The van der Waals surface area contributed by atoms with E-state index in [1.807, 2.05) is 38.1 Å². The van der Waals surface area contributed by atoms with Crippen LogP contribution in [0.2, 0.25) is 0 Å². The zero-order valence-electron chi connectivity index (χ0n) is 11.1. The topological polar surface area (TPSA) is 40.5 Å². The molecule has 0 unspecified atom stereocenters. The van der Waals surface area contributed by atoms with Crippen molar-refractivity contribution in [2.24, 2.45) is 0 Å². The maximum Gasteiger partial charge on any atom is 0.165 e. The zero-order chi connectivity index (χ0) is 13.2. The van der Waals surface area contributed by atoms with E-state index >= 15 is 0 Å². The summed E-state index contributed by atoms with van der Waals surface area (Å²) in [6.45, 7) is 5.32. The Kier molecular flexibility index (Phi) is 3.71. The molecule has 98 valence electrons. The summed E-state index contributed by atoms with van der Waals surface area (Å²) in [6, 6.07) is 7.79. The third-order valence-electron chi connectivity index (χ3n) is 3.37. The standard InChI is InChI=1S/C15H21NO2/c1-15(2,18)9-11-16-10-5-8-14(17)12-6-3-4-7-13(12)16/h3-4,6-7,18H,5,8-11H2,1-2H3. The highest BCUT2D eigenvalue weighted by atomic mass is 16.3. The Labute approximate surface area is 108 Å². The van der Waals surface area contributed by atoms with E-state index in [4.69, 9.17) is 0 Å². The van der Waals surface area contributed by atoms with Crippen LogP contribution in [0.3, 0.4) is 0 Å². The minimum atomic E-state index is -0.661. The van der Waals surface area contributed by atoms with E-state index in [0.717, 1.165) is 30.8 Å². The van der Waals surface area contributed by atoms with Gasteiger partial charge in [-0.05, 0) is 38.8 Å². The lowest BCUT2D eigenvalue weighted by atomic mass is 10.0. The average Bonchev–Trinajstić information content (AvgIpc) is 2.46. The number of nitrogens with zero attached hydrogens (tertiary/aromatic N) is 1. The molecular formula is C15H21NO2. The van der Waals surface area contributed by atoms with Gasteiger partial charge in [-0.1, -0.05) is 12.1 Å². The molecule has 0 aromatic heterocycles. The summed E-state index contributed by atoms with van der Waals surface area (Å²) in [5.41, 5.74) is 1.18. The maximum absolute atomic E-state index is 12.0. The number of hydrogen-bond donors (Lipinski definition) is 1. The van der Waals surface area contributed by atoms with Crippen molar-refractivity contribution < 1.29 is 9.90 Å². The lowest BCUT2D eigenvalue weighted by Crippen LogP contribution is -2.31. The number of ketones is 1. The summed E-state index contributed by atoms with van der Waals surface area (Å²) >= 11 is 0. The van der Waals surface area contributed by atoms with Gasteiger partial charge in [0.2, 0.25) is 0 Å². The van der Waals surface area contributed by atoms with Crippen molar-refractivity contribution in [1.82, 2.24) is 0 Å². The molecule has 1 aromatic carbocycles. The largest absolute Gasteiger partial charge is 0.390 e. The number of fused-ring (bicyclic) bond motifs is 1. The molecule has 0 bridgehead atoms. The van der Waals surface area contributed by atoms with Crippen LogP contribution >= 0.6 is 0 Å². The van der Waals surface area contributed by atoms with Crippen LogP contribution in [-0.2, 0) is 0 Å². The first-order chi connectivity index (χ1) is 8.47. The van der Waals surface area contributed by atoms with E-state index in [1.54, 1.807) is 0 Å². The molecular weight excluding hydrogens is 226 g/mol. The van der Waals surface area contributed by atoms with Crippen LogP contribution in [0.15, 0.2) is 24.3 Å². The third-order valence-corrected chi connectivity index (χ3v) is 3.37. The van der Waals surface area contributed by atoms with Gasteiger partial charge in [0.05, 0.1) is 5.60 Å². The number of anilines is 1. The van der Waals surface area contributed by atoms with Crippen molar-refractivity contribution in [2.45, 2.75) is 38.7 Å². The van der Waals surface area contributed by atoms with Crippen molar-refractivity contribution in [3.8, 4) is 0 Å². The molecule has 1 N–H and O–H groups in total. The van der Waals surface area contributed by atoms with Crippen LogP contribution < -0.4 is 4.90 Å². The van der Waals surface area contributed by atoms with Gasteiger partial charge < -0.3 is 10.0 Å². The molecule has 0 saturated heterocycles. The van der Waals surface area contributed by atoms with Crippen LogP contribution in [0.4, 0.5) is 5.69 Å². The van der Waals surface area contributed by atoms with Gasteiger partial charge in [0.25, 0.3) is 0 Å². The third kappa shape index (κ3) is 3.10. The molecule has 0 spiro atoms. The van der Waals surface area contributed by atoms with Gasteiger partial charge in [0.1, 0.15) is 0 Å². The van der Waals surface area contributed by atoms with Crippen LogP contribution in [0.25, 0.3) is 0 Å². The second-order valence-electron chi connectivity index (χ2n) is 5.59. The normalized spacial score (nSPS) is 16.4. The van der Waals surface area contributed by atoms with E-state index in [1.165, 1.54) is 0 Å². The van der Waals surface area contributed by atoms with Gasteiger partial charge in [0, 0.05) is 30.8 Å². The Morgan fingerprint density at radius 1 is 1.33 bits per heavy atom. The molecule has 1 aromatic rings. The Balaban J connectivity index is 2.21. The minimum Gasteiger partial charge on any atom is -0.390 e. The molecule has 0 amide bonds. The van der Waals surface area contributed by atoms with Gasteiger partial charge in [-0.3, -0.25) is 4.79 Å². The molecule has 0 atom stereocenters. The Morgan fingerprint density at radius 3 is 2.78 bits per heavy atom. The number of hydrogen-bond acceptors (Lipinski definition) is 3. The molecule has 2 rings (SSSR count). The Morgan fingerprint density at radius 2 is 2.06 bits per heavy atom. The van der Waals surface area contributed by atoms with Crippen LogP contribution in [0.1, 0.15) is 43.5 Å². The van der Waals surface area contributed by atoms with Crippen LogP contribution in [-0.4, -0.2) is 29.6 Å². The molecule has 1 aliphatic heterocycles. The highest BCUT2D eigenvalue weighted by Gasteiger charge is 2.22. The van der Waals surface area contributed by atoms with Crippen LogP contribution in [0.5, 0.6) is 0 Å². The van der Waals surface area contributed by atoms with Gasteiger partial charge in [-0.25, -0.2) is 0 Å². The number of benzene rings is 1. The fourth-order valence-electron chi connectivity index (χ4n) is 2.31. The van der Waals surface area contributed by atoms with E-state index in [-0.39, 0.29) is 5.78 Å². The molecule has 0 saturated carbocycles. The minimum absolute atomic E-state index is 0.233. The SMILES string of the molecule is CC(C)(O)CCN1CCCC(=O)c2ccccc21. The first kappa shape index (κ1) is 13.1. The summed E-state index contributed by atoms with van der Waals surface area (Å²) in [5, 5.41) is 9.82. The summed E-state index contributed by atoms with van der Waals surface area (Å²) < 4.78 is 0. The zero-order valence-corrected chi connectivity index (χ0v) is 11.1. The predicted molar refractivity (Wildman–Crippen MR) is 73.1 cm³/mol. The maximum atomic E-state index is 12.0. The molecule has 1 heterocycles. The summed E-state index contributed by atoms with van der Waals surface area (Å²) in [4.78, 5) is 14.2. The van der Waals surface area contributed by atoms with Gasteiger partial charge in [-0.15, -0.1) is 0 Å². The Bertz CT molecular complexity index is 434. The summed E-state index contributed by atoms with van der Waals surface area (Å²) in [6.07, 6.45) is 2.21. The number of Topliss-reactive ketones (excluding diaryl/α,β-unsaturated/α-hetero) is 1. The van der Waals surface area contributed by atoms with Crippen molar-refractivity contribution >= 4 is 11.5 Å².